The number of carbonyl (C=O) groups is 2. The van der Waals surface area contributed by atoms with Crippen LogP contribution in [0.2, 0.25) is 0 Å². The minimum Gasteiger partial charge on any atom is -0.460 e. The fourth-order valence-electron chi connectivity index (χ4n) is 1.36. The van der Waals surface area contributed by atoms with E-state index in [1.807, 2.05) is 0 Å². The summed E-state index contributed by atoms with van der Waals surface area (Å²) >= 11 is 0. The van der Waals surface area contributed by atoms with Gasteiger partial charge in [0, 0.05) is 18.0 Å². The number of nitrogens with zero attached hydrogens (tertiary/aromatic N) is 1. The Morgan fingerprint density at radius 2 is 1.85 bits per heavy atom. The van der Waals surface area contributed by atoms with Crippen LogP contribution in [0.1, 0.15) is 46.3 Å². The summed E-state index contributed by atoms with van der Waals surface area (Å²) in [6.45, 7) is 8.66. The predicted molar refractivity (Wildman–Crippen MR) is 73.8 cm³/mol. The lowest BCUT2D eigenvalue weighted by atomic mass is 9.97. The SMILES string of the molecule is CC(C)OC(=O)C(OC(=O)C(C)(C)C)c1cccnc1. The number of carbonyl (C=O) groups excluding carboxylic acids is 2. The van der Waals surface area contributed by atoms with E-state index in [1.54, 1.807) is 52.9 Å². The highest BCUT2D eigenvalue weighted by Gasteiger charge is 2.32. The molecule has 0 N–H and O–H groups in total. The Bertz CT molecular complexity index is 463. The van der Waals surface area contributed by atoms with Crippen molar-refractivity contribution in [2.24, 2.45) is 5.41 Å². The first-order valence-electron chi connectivity index (χ1n) is 6.53. The standard InChI is InChI=1S/C15H21NO4/c1-10(2)19-13(17)12(11-7-6-8-16-9-11)20-14(18)15(3,4)5/h6-10,12H,1-5H3. The van der Waals surface area contributed by atoms with Crippen LogP contribution in [0.5, 0.6) is 0 Å². The van der Waals surface area contributed by atoms with E-state index in [0.29, 0.717) is 5.56 Å². The van der Waals surface area contributed by atoms with Gasteiger partial charge in [-0.1, -0.05) is 6.07 Å². The Kier molecular flexibility index (Phi) is 5.25. The van der Waals surface area contributed by atoms with Gasteiger partial charge < -0.3 is 9.47 Å². The monoisotopic (exact) mass is 279 g/mol. The summed E-state index contributed by atoms with van der Waals surface area (Å²) in [6.07, 6.45) is 1.70. The Hall–Kier alpha value is -1.91. The molecule has 1 unspecified atom stereocenters. The Morgan fingerprint density at radius 1 is 1.20 bits per heavy atom. The fourth-order valence-corrected chi connectivity index (χ4v) is 1.36. The average molecular weight is 279 g/mol. The molecule has 0 saturated heterocycles. The zero-order chi connectivity index (χ0) is 15.3. The minimum absolute atomic E-state index is 0.282. The van der Waals surface area contributed by atoms with Gasteiger partial charge in [-0.05, 0) is 40.7 Å². The molecule has 0 bridgehead atoms. The molecular formula is C15H21NO4. The molecule has 0 aliphatic carbocycles. The molecule has 0 aliphatic heterocycles. The molecule has 0 amide bonds. The molecule has 5 nitrogen and oxygen atoms in total. The maximum absolute atomic E-state index is 12.1. The summed E-state index contributed by atoms with van der Waals surface area (Å²) in [6, 6.07) is 3.35. The lowest BCUT2D eigenvalue weighted by Crippen LogP contribution is -2.30. The molecule has 0 spiro atoms. The molecule has 0 aromatic carbocycles. The van der Waals surface area contributed by atoms with Crippen LogP contribution in [-0.4, -0.2) is 23.0 Å². The van der Waals surface area contributed by atoms with Gasteiger partial charge in [0.2, 0.25) is 6.10 Å². The van der Waals surface area contributed by atoms with E-state index in [2.05, 4.69) is 4.98 Å². The first-order chi connectivity index (χ1) is 9.21. The smallest absolute Gasteiger partial charge is 0.352 e. The van der Waals surface area contributed by atoms with Crippen molar-refractivity contribution in [3.05, 3.63) is 30.1 Å². The van der Waals surface area contributed by atoms with Gasteiger partial charge in [-0.15, -0.1) is 0 Å². The lowest BCUT2D eigenvalue weighted by Gasteiger charge is -2.23. The van der Waals surface area contributed by atoms with E-state index < -0.39 is 23.5 Å². The van der Waals surface area contributed by atoms with Crippen LogP contribution in [-0.2, 0) is 19.1 Å². The number of esters is 2. The summed E-state index contributed by atoms with van der Waals surface area (Å²) in [4.78, 5) is 28.0. The van der Waals surface area contributed by atoms with E-state index in [1.165, 1.54) is 6.20 Å². The molecule has 1 aromatic rings. The number of ether oxygens (including phenoxy) is 2. The van der Waals surface area contributed by atoms with E-state index >= 15 is 0 Å². The molecule has 1 rings (SSSR count). The summed E-state index contributed by atoms with van der Waals surface area (Å²) in [7, 11) is 0. The van der Waals surface area contributed by atoms with Crippen molar-refractivity contribution >= 4 is 11.9 Å². The number of hydrogen-bond acceptors (Lipinski definition) is 5. The minimum atomic E-state index is -1.09. The van der Waals surface area contributed by atoms with Crippen molar-refractivity contribution in [1.82, 2.24) is 4.98 Å². The molecule has 20 heavy (non-hydrogen) atoms. The Balaban J connectivity index is 2.97. The van der Waals surface area contributed by atoms with Crippen molar-refractivity contribution in [2.45, 2.75) is 46.8 Å². The molecule has 110 valence electrons. The van der Waals surface area contributed by atoms with Gasteiger partial charge in [-0.25, -0.2) is 4.79 Å². The molecule has 0 saturated carbocycles. The summed E-state index contributed by atoms with van der Waals surface area (Å²) in [5.41, 5.74) is -0.200. The van der Waals surface area contributed by atoms with E-state index in [0.717, 1.165) is 0 Å². The Labute approximate surface area is 119 Å². The molecule has 5 heteroatoms. The number of pyridine rings is 1. The number of hydrogen-bond donors (Lipinski definition) is 0. The average Bonchev–Trinajstić information content (AvgIpc) is 2.34. The van der Waals surface area contributed by atoms with Gasteiger partial charge in [0.1, 0.15) is 0 Å². The highest BCUT2D eigenvalue weighted by molar-refractivity contribution is 5.82. The molecule has 0 radical (unpaired) electrons. The Morgan fingerprint density at radius 3 is 2.30 bits per heavy atom. The maximum Gasteiger partial charge on any atom is 0.352 e. The van der Waals surface area contributed by atoms with Crippen molar-refractivity contribution < 1.29 is 19.1 Å². The predicted octanol–water partition coefficient (Wildman–Crippen LogP) is 2.66. The van der Waals surface area contributed by atoms with Crippen LogP contribution >= 0.6 is 0 Å². The normalized spacial score (nSPS) is 12.9. The summed E-state index contributed by atoms with van der Waals surface area (Å²) in [5.74, 6) is -1.06. The van der Waals surface area contributed by atoms with Gasteiger partial charge in [-0.2, -0.15) is 0 Å². The second kappa shape index (κ2) is 6.50. The third-order valence-corrected chi connectivity index (χ3v) is 2.39. The van der Waals surface area contributed by atoms with Gasteiger partial charge >= 0.3 is 11.9 Å². The van der Waals surface area contributed by atoms with E-state index in [9.17, 15) is 9.59 Å². The second-order valence-electron chi connectivity index (χ2n) is 5.81. The first kappa shape index (κ1) is 16.1. The molecule has 1 heterocycles. The van der Waals surface area contributed by atoms with Crippen LogP contribution in [0.25, 0.3) is 0 Å². The van der Waals surface area contributed by atoms with Gasteiger partial charge in [0.15, 0.2) is 0 Å². The molecule has 1 aromatic heterocycles. The van der Waals surface area contributed by atoms with Crippen LogP contribution in [0.15, 0.2) is 24.5 Å². The quantitative estimate of drug-likeness (QED) is 0.793. The van der Waals surface area contributed by atoms with E-state index in [4.69, 9.17) is 9.47 Å². The van der Waals surface area contributed by atoms with Gasteiger partial charge in [0.25, 0.3) is 0 Å². The topological polar surface area (TPSA) is 65.5 Å². The number of rotatable bonds is 4. The molecule has 0 fully saturated rings. The first-order valence-corrected chi connectivity index (χ1v) is 6.53. The van der Waals surface area contributed by atoms with Crippen LogP contribution < -0.4 is 0 Å². The zero-order valence-electron chi connectivity index (χ0n) is 12.5. The third-order valence-electron chi connectivity index (χ3n) is 2.39. The molecule has 1 atom stereocenters. The van der Waals surface area contributed by atoms with Gasteiger partial charge in [0.05, 0.1) is 11.5 Å². The van der Waals surface area contributed by atoms with E-state index in [-0.39, 0.29) is 6.10 Å². The van der Waals surface area contributed by atoms with Crippen LogP contribution in [0.4, 0.5) is 0 Å². The molecular weight excluding hydrogens is 258 g/mol. The lowest BCUT2D eigenvalue weighted by molar-refractivity contribution is -0.175. The van der Waals surface area contributed by atoms with Crippen LogP contribution in [0.3, 0.4) is 0 Å². The summed E-state index contributed by atoms with van der Waals surface area (Å²) < 4.78 is 10.4. The van der Waals surface area contributed by atoms with Crippen molar-refractivity contribution in [2.75, 3.05) is 0 Å². The highest BCUT2D eigenvalue weighted by Crippen LogP contribution is 2.24. The van der Waals surface area contributed by atoms with Crippen molar-refractivity contribution in [3.8, 4) is 0 Å². The number of aromatic nitrogens is 1. The third kappa shape index (κ3) is 4.64. The van der Waals surface area contributed by atoms with Gasteiger partial charge in [-0.3, -0.25) is 9.78 Å². The molecule has 0 aliphatic rings. The van der Waals surface area contributed by atoms with Crippen molar-refractivity contribution in [1.29, 1.82) is 0 Å². The maximum atomic E-state index is 12.1. The zero-order valence-corrected chi connectivity index (χ0v) is 12.5. The largest absolute Gasteiger partial charge is 0.460 e. The second-order valence-corrected chi connectivity index (χ2v) is 5.81. The highest BCUT2D eigenvalue weighted by atomic mass is 16.6. The van der Waals surface area contributed by atoms with Crippen LogP contribution in [0, 0.1) is 5.41 Å². The fraction of sp³-hybridized carbons (Fsp3) is 0.533. The summed E-state index contributed by atoms with van der Waals surface area (Å²) in [5, 5.41) is 0. The van der Waals surface area contributed by atoms with Crippen molar-refractivity contribution in [3.63, 3.8) is 0 Å².